The normalized spacial score (nSPS) is 18.3. The van der Waals surface area contributed by atoms with Gasteiger partial charge in [-0.05, 0) is 23.8 Å². The maximum atomic E-state index is 12.9. The highest BCUT2D eigenvalue weighted by Gasteiger charge is 2.47. The molecule has 1 saturated heterocycles. The van der Waals surface area contributed by atoms with E-state index >= 15 is 0 Å². The minimum absolute atomic E-state index is 0.0846. The van der Waals surface area contributed by atoms with Crippen molar-refractivity contribution in [3.05, 3.63) is 101 Å². The largest absolute Gasteiger partial charge is 0.488 e. The lowest BCUT2D eigenvalue weighted by Crippen LogP contribution is -2.11. The molecule has 0 N–H and O–H groups in total. The number of halogens is 1. The summed E-state index contributed by atoms with van der Waals surface area (Å²) in [5.41, 5.74) is 2.42. The third kappa shape index (κ3) is 3.50. The molecular formula is C22H17ClO3. The molecule has 3 aromatic rings. The van der Waals surface area contributed by atoms with E-state index in [2.05, 4.69) is 0 Å². The van der Waals surface area contributed by atoms with Gasteiger partial charge in [-0.3, -0.25) is 4.79 Å². The van der Waals surface area contributed by atoms with Gasteiger partial charge in [-0.2, -0.15) is 0 Å². The molecule has 2 unspecified atom stereocenters. The van der Waals surface area contributed by atoms with E-state index in [9.17, 15) is 4.79 Å². The number of carbonyl (C=O) groups is 1. The van der Waals surface area contributed by atoms with Crippen LogP contribution in [0, 0.1) is 0 Å². The number of ketones is 1. The van der Waals surface area contributed by atoms with Gasteiger partial charge in [-0.15, -0.1) is 0 Å². The predicted molar refractivity (Wildman–Crippen MR) is 101 cm³/mol. The Morgan fingerprint density at radius 1 is 0.923 bits per heavy atom. The molecule has 0 bridgehead atoms. The molecule has 1 fully saturated rings. The zero-order valence-corrected chi connectivity index (χ0v) is 14.7. The van der Waals surface area contributed by atoms with Gasteiger partial charge in [0.1, 0.15) is 18.5 Å². The minimum atomic E-state index is -0.517. The third-order valence-electron chi connectivity index (χ3n) is 4.35. The van der Waals surface area contributed by atoms with Crippen LogP contribution in [0.1, 0.15) is 27.6 Å². The molecule has 4 rings (SSSR count). The Bertz CT molecular complexity index is 923. The SMILES string of the molecule is O=C(c1ccccc1OCc1ccccc1)C1OC1c1ccccc1Cl. The number of para-hydroxylation sites is 1. The minimum Gasteiger partial charge on any atom is -0.488 e. The molecule has 1 aliphatic rings. The lowest BCUT2D eigenvalue weighted by atomic mass is 10.0. The summed E-state index contributed by atoms with van der Waals surface area (Å²) in [6.07, 6.45) is -0.810. The van der Waals surface area contributed by atoms with Gasteiger partial charge in [-0.25, -0.2) is 0 Å². The smallest absolute Gasteiger partial charge is 0.198 e. The summed E-state index contributed by atoms with van der Waals surface area (Å²) in [6, 6.07) is 24.6. The quantitative estimate of drug-likeness (QED) is 0.443. The van der Waals surface area contributed by atoms with Gasteiger partial charge < -0.3 is 9.47 Å². The molecule has 4 heteroatoms. The first kappa shape index (κ1) is 16.8. The monoisotopic (exact) mass is 364 g/mol. The van der Waals surface area contributed by atoms with Crippen molar-refractivity contribution in [2.75, 3.05) is 0 Å². The van der Waals surface area contributed by atoms with Crippen LogP contribution < -0.4 is 4.74 Å². The Hall–Kier alpha value is -2.62. The molecule has 0 saturated carbocycles. The van der Waals surface area contributed by atoms with Crippen LogP contribution in [-0.4, -0.2) is 11.9 Å². The first-order valence-corrected chi connectivity index (χ1v) is 8.81. The van der Waals surface area contributed by atoms with Gasteiger partial charge in [0.2, 0.25) is 0 Å². The van der Waals surface area contributed by atoms with Crippen LogP contribution in [0.15, 0.2) is 78.9 Å². The summed E-state index contributed by atoms with van der Waals surface area (Å²) in [4.78, 5) is 12.9. The average Bonchev–Trinajstić information content (AvgIpc) is 3.48. The standard InChI is InChI=1S/C22H17ClO3/c23-18-12-6-4-10-16(18)21-22(26-21)20(24)17-11-5-7-13-19(17)25-14-15-8-2-1-3-9-15/h1-13,21-22H,14H2. The summed E-state index contributed by atoms with van der Waals surface area (Å²) >= 11 is 6.21. The number of hydrogen-bond acceptors (Lipinski definition) is 3. The summed E-state index contributed by atoms with van der Waals surface area (Å²) in [7, 11) is 0. The molecular weight excluding hydrogens is 348 g/mol. The fourth-order valence-corrected chi connectivity index (χ4v) is 3.18. The Morgan fingerprint density at radius 3 is 2.42 bits per heavy atom. The summed E-state index contributed by atoms with van der Waals surface area (Å²) in [6.45, 7) is 0.407. The summed E-state index contributed by atoms with van der Waals surface area (Å²) in [5, 5.41) is 0.612. The van der Waals surface area contributed by atoms with Gasteiger partial charge in [0.25, 0.3) is 0 Å². The zero-order chi connectivity index (χ0) is 17.9. The van der Waals surface area contributed by atoms with Crippen molar-refractivity contribution in [1.29, 1.82) is 0 Å². The first-order chi connectivity index (χ1) is 12.7. The predicted octanol–water partition coefficient (Wildman–Crippen LogP) is 5.24. The van der Waals surface area contributed by atoms with Gasteiger partial charge in [0.05, 0.1) is 5.56 Å². The van der Waals surface area contributed by atoms with Crippen LogP contribution >= 0.6 is 11.6 Å². The number of hydrogen-bond donors (Lipinski definition) is 0. The zero-order valence-electron chi connectivity index (χ0n) is 14.0. The van der Waals surface area contributed by atoms with Gasteiger partial charge >= 0.3 is 0 Å². The van der Waals surface area contributed by atoms with Crippen LogP contribution in [0.3, 0.4) is 0 Å². The molecule has 130 valence electrons. The topological polar surface area (TPSA) is 38.8 Å². The van der Waals surface area contributed by atoms with Crippen molar-refractivity contribution >= 4 is 17.4 Å². The second kappa shape index (κ2) is 7.32. The van der Waals surface area contributed by atoms with Crippen LogP contribution in [0.2, 0.25) is 5.02 Å². The van der Waals surface area contributed by atoms with Crippen molar-refractivity contribution in [2.24, 2.45) is 0 Å². The molecule has 3 aromatic carbocycles. The second-order valence-corrected chi connectivity index (χ2v) is 6.54. The van der Waals surface area contributed by atoms with Gasteiger partial charge in [0.15, 0.2) is 11.9 Å². The number of carbonyl (C=O) groups excluding carboxylic acids is 1. The highest BCUT2D eigenvalue weighted by molar-refractivity contribution is 6.31. The van der Waals surface area contributed by atoms with E-state index in [0.29, 0.717) is 22.9 Å². The molecule has 1 heterocycles. The third-order valence-corrected chi connectivity index (χ3v) is 4.70. The van der Waals surface area contributed by atoms with Crippen molar-refractivity contribution < 1.29 is 14.3 Å². The fourth-order valence-electron chi connectivity index (χ4n) is 2.94. The number of Topliss-reactive ketones (excluding diaryl/α,β-unsaturated/α-hetero) is 1. The number of benzene rings is 3. The van der Waals surface area contributed by atoms with E-state index in [-0.39, 0.29) is 11.9 Å². The van der Waals surface area contributed by atoms with Crippen molar-refractivity contribution in [3.63, 3.8) is 0 Å². The molecule has 26 heavy (non-hydrogen) atoms. The molecule has 3 nitrogen and oxygen atoms in total. The van der Waals surface area contributed by atoms with E-state index in [1.54, 1.807) is 12.1 Å². The molecule has 0 radical (unpaired) electrons. The molecule has 1 aliphatic heterocycles. The van der Waals surface area contributed by atoms with E-state index in [0.717, 1.165) is 11.1 Å². The lowest BCUT2D eigenvalue weighted by Gasteiger charge is -2.10. The highest BCUT2D eigenvalue weighted by atomic mass is 35.5. The van der Waals surface area contributed by atoms with Crippen molar-refractivity contribution in [3.8, 4) is 5.75 Å². The summed E-state index contributed by atoms with van der Waals surface area (Å²) < 4.78 is 11.5. The van der Waals surface area contributed by atoms with E-state index in [4.69, 9.17) is 21.1 Å². The molecule has 0 amide bonds. The van der Waals surface area contributed by atoms with Gasteiger partial charge in [-0.1, -0.05) is 72.3 Å². The molecule has 0 aromatic heterocycles. The van der Waals surface area contributed by atoms with Gasteiger partial charge in [0, 0.05) is 10.6 Å². The Morgan fingerprint density at radius 2 is 1.62 bits per heavy atom. The molecule has 2 atom stereocenters. The molecule has 0 aliphatic carbocycles. The van der Waals surface area contributed by atoms with E-state index in [1.165, 1.54) is 0 Å². The van der Waals surface area contributed by atoms with Crippen molar-refractivity contribution in [1.82, 2.24) is 0 Å². The first-order valence-electron chi connectivity index (χ1n) is 8.44. The average molecular weight is 365 g/mol. The number of ether oxygens (including phenoxy) is 2. The van der Waals surface area contributed by atoms with Crippen molar-refractivity contribution in [2.45, 2.75) is 18.8 Å². The lowest BCUT2D eigenvalue weighted by molar-refractivity contribution is 0.0949. The Kier molecular flexibility index (Phi) is 4.74. The summed E-state index contributed by atoms with van der Waals surface area (Å²) in [5.74, 6) is 0.480. The van der Waals surface area contributed by atoms with Crippen LogP contribution in [-0.2, 0) is 11.3 Å². The maximum absolute atomic E-state index is 12.9. The Balaban J connectivity index is 1.50. The number of epoxide rings is 1. The second-order valence-electron chi connectivity index (χ2n) is 6.13. The maximum Gasteiger partial charge on any atom is 0.198 e. The van der Waals surface area contributed by atoms with Crippen LogP contribution in [0.25, 0.3) is 0 Å². The molecule has 0 spiro atoms. The fraction of sp³-hybridized carbons (Fsp3) is 0.136. The highest BCUT2D eigenvalue weighted by Crippen LogP contribution is 2.44. The Labute approximate surface area is 157 Å². The van der Waals surface area contributed by atoms with E-state index in [1.807, 2.05) is 66.7 Å². The number of rotatable bonds is 6. The van der Waals surface area contributed by atoms with Crippen LogP contribution in [0.5, 0.6) is 5.75 Å². The van der Waals surface area contributed by atoms with E-state index < -0.39 is 6.10 Å². The van der Waals surface area contributed by atoms with Crippen LogP contribution in [0.4, 0.5) is 0 Å².